The minimum atomic E-state index is -0.392. The third kappa shape index (κ3) is 2.98. The molecule has 104 valence electrons. The van der Waals surface area contributed by atoms with Crippen molar-refractivity contribution in [2.24, 2.45) is 0 Å². The van der Waals surface area contributed by atoms with E-state index < -0.39 is 5.41 Å². The van der Waals surface area contributed by atoms with Crippen molar-refractivity contribution in [2.75, 3.05) is 0 Å². The van der Waals surface area contributed by atoms with Crippen LogP contribution in [0.4, 0.5) is 0 Å². The molecular weight excluding hydrogens is 238 g/mol. The number of carbonyl (C=O) groups is 1. The van der Waals surface area contributed by atoms with E-state index in [0.717, 1.165) is 24.8 Å². The second kappa shape index (κ2) is 4.97. The van der Waals surface area contributed by atoms with E-state index >= 15 is 0 Å². The van der Waals surface area contributed by atoms with Crippen molar-refractivity contribution in [1.82, 2.24) is 5.48 Å². The maximum Gasteiger partial charge on any atom is 0.254 e. The van der Waals surface area contributed by atoms with Crippen molar-refractivity contribution in [1.29, 1.82) is 0 Å². The van der Waals surface area contributed by atoms with Gasteiger partial charge in [0.2, 0.25) is 0 Å². The summed E-state index contributed by atoms with van der Waals surface area (Å²) in [5.74, 6) is -0.0146. The SMILES string of the molecule is Cc1cccc(C2(C(=O)NOC(C)(C)C)CCC2)c1. The standard InChI is InChI=1S/C16H23NO2/c1-12-7-5-8-13(11-12)16(9-6-10-16)14(18)17-19-15(2,3)4/h5,7-8,11H,6,9-10H2,1-4H3,(H,17,18). The molecule has 1 aromatic rings. The average Bonchev–Trinajstić information content (AvgIpc) is 2.24. The van der Waals surface area contributed by atoms with Crippen LogP contribution in [0.3, 0.4) is 0 Å². The minimum Gasteiger partial charge on any atom is -0.272 e. The maximum absolute atomic E-state index is 12.5. The van der Waals surface area contributed by atoms with Crippen molar-refractivity contribution >= 4 is 5.91 Å². The second-order valence-corrected chi connectivity index (χ2v) is 6.45. The number of benzene rings is 1. The van der Waals surface area contributed by atoms with E-state index in [0.29, 0.717) is 0 Å². The lowest BCUT2D eigenvalue weighted by molar-refractivity contribution is -0.154. The Labute approximate surface area is 115 Å². The van der Waals surface area contributed by atoms with Crippen molar-refractivity contribution in [2.45, 2.75) is 58.0 Å². The lowest BCUT2D eigenvalue weighted by Crippen LogP contribution is -2.50. The number of hydroxylamine groups is 1. The van der Waals surface area contributed by atoms with Gasteiger partial charge in [0.25, 0.3) is 5.91 Å². The Balaban J connectivity index is 2.16. The highest BCUT2D eigenvalue weighted by molar-refractivity contribution is 5.88. The van der Waals surface area contributed by atoms with Gasteiger partial charge in [-0.1, -0.05) is 36.2 Å². The molecule has 0 radical (unpaired) electrons. The van der Waals surface area contributed by atoms with Crippen LogP contribution < -0.4 is 5.48 Å². The summed E-state index contributed by atoms with van der Waals surface area (Å²) in [6.07, 6.45) is 2.89. The molecule has 3 heteroatoms. The Hall–Kier alpha value is -1.35. The molecule has 1 aliphatic carbocycles. The van der Waals surface area contributed by atoms with Crippen LogP contribution in [-0.2, 0) is 15.0 Å². The van der Waals surface area contributed by atoms with E-state index in [4.69, 9.17) is 4.84 Å². The van der Waals surface area contributed by atoms with Gasteiger partial charge in [0.05, 0.1) is 11.0 Å². The molecular formula is C16H23NO2. The van der Waals surface area contributed by atoms with Gasteiger partial charge < -0.3 is 0 Å². The molecule has 1 aromatic carbocycles. The Bertz CT molecular complexity index is 470. The Morgan fingerprint density at radius 2 is 2.00 bits per heavy atom. The highest BCUT2D eigenvalue weighted by atomic mass is 16.7. The second-order valence-electron chi connectivity index (χ2n) is 6.45. The number of hydrogen-bond acceptors (Lipinski definition) is 2. The van der Waals surface area contributed by atoms with E-state index in [1.165, 1.54) is 5.56 Å². The number of rotatable bonds is 3. The molecule has 0 unspecified atom stereocenters. The highest BCUT2D eigenvalue weighted by Crippen LogP contribution is 2.44. The van der Waals surface area contributed by atoms with E-state index in [1.807, 2.05) is 32.9 Å². The molecule has 1 fully saturated rings. The van der Waals surface area contributed by atoms with Gasteiger partial charge in [-0.2, -0.15) is 0 Å². The summed E-state index contributed by atoms with van der Waals surface area (Å²) in [7, 11) is 0. The first kappa shape index (κ1) is 14.1. The topological polar surface area (TPSA) is 38.3 Å². The average molecular weight is 261 g/mol. The molecule has 0 bridgehead atoms. The smallest absolute Gasteiger partial charge is 0.254 e. The zero-order valence-electron chi connectivity index (χ0n) is 12.2. The Morgan fingerprint density at radius 3 is 2.47 bits per heavy atom. The fraction of sp³-hybridized carbons (Fsp3) is 0.562. The number of hydrogen-bond donors (Lipinski definition) is 1. The third-order valence-electron chi connectivity index (χ3n) is 3.66. The van der Waals surface area contributed by atoms with Crippen LogP contribution in [0.1, 0.15) is 51.2 Å². The molecule has 19 heavy (non-hydrogen) atoms. The van der Waals surface area contributed by atoms with Gasteiger partial charge in [0, 0.05) is 0 Å². The van der Waals surface area contributed by atoms with E-state index in [2.05, 4.69) is 24.5 Å². The van der Waals surface area contributed by atoms with Crippen LogP contribution in [0.2, 0.25) is 0 Å². The maximum atomic E-state index is 12.5. The first-order chi connectivity index (χ1) is 8.83. The lowest BCUT2D eigenvalue weighted by atomic mass is 9.64. The Morgan fingerprint density at radius 1 is 1.32 bits per heavy atom. The highest BCUT2D eigenvalue weighted by Gasteiger charge is 2.46. The van der Waals surface area contributed by atoms with E-state index in [1.54, 1.807) is 0 Å². The molecule has 1 amide bonds. The summed E-state index contributed by atoms with van der Waals surface area (Å²) in [4.78, 5) is 17.9. The van der Waals surface area contributed by atoms with Crippen molar-refractivity contribution < 1.29 is 9.63 Å². The predicted molar refractivity (Wildman–Crippen MR) is 75.7 cm³/mol. The van der Waals surface area contributed by atoms with E-state index in [9.17, 15) is 4.79 Å². The van der Waals surface area contributed by atoms with Crippen molar-refractivity contribution in [3.8, 4) is 0 Å². The summed E-state index contributed by atoms with van der Waals surface area (Å²) < 4.78 is 0. The number of carbonyl (C=O) groups excluding carboxylic acids is 1. The Kier molecular flexibility index (Phi) is 3.68. The van der Waals surface area contributed by atoms with Gasteiger partial charge in [-0.15, -0.1) is 0 Å². The normalized spacial score (nSPS) is 17.7. The van der Waals surface area contributed by atoms with Crippen LogP contribution in [0.25, 0.3) is 0 Å². The molecule has 0 aliphatic heterocycles. The fourth-order valence-electron chi connectivity index (χ4n) is 2.42. The molecule has 3 nitrogen and oxygen atoms in total. The molecule has 0 spiro atoms. The quantitative estimate of drug-likeness (QED) is 0.848. The van der Waals surface area contributed by atoms with Gasteiger partial charge in [-0.3, -0.25) is 9.63 Å². The predicted octanol–water partition coefficient (Wildman–Crippen LogP) is 3.26. The van der Waals surface area contributed by atoms with Gasteiger partial charge in [0.1, 0.15) is 0 Å². The van der Waals surface area contributed by atoms with E-state index in [-0.39, 0.29) is 11.5 Å². The molecule has 1 N–H and O–H groups in total. The molecule has 0 saturated heterocycles. The van der Waals surface area contributed by atoms with Crippen LogP contribution in [0, 0.1) is 6.92 Å². The summed E-state index contributed by atoms with van der Waals surface area (Å²) in [5, 5.41) is 0. The molecule has 2 rings (SSSR count). The van der Waals surface area contributed by atoms with Gasteiger partial charge in [-0.05, 0) is 46.1 Å². The summed E-state index contributed by atoms with van der Waals surface area (Å²) in [6.45, 7) is 7.83. The number of aryl methyl sites for hydroxylation is 1. The first-order valence-corrected chi connectivity index (χ1v) is 6.89. The number of amides is 1. The largest absolute Gasteiger partial charge is 0.272 e. The van der Waals surface area contributed by atoms with Crippen molar-refractivity contribution in [3.63, 3.8) is 0 Å². The molecule has 0 heterocycles. The monoisotopic (exact) mass is 261 g/mol. The van der Waals surface area contributed by atoms with Crippen LogP contribution >= 0.6 is 0 Å². The number of nitrogens with one attached hydrogen (secondary N) is 1. The van der Waals surface area contributed by atoms with Crippen LogP contribution in [0.5, 0.6) is 0 Å². The van der Waals surface area contributed by atoms with Gasteiger partial charge in [0.15, 0.2) is 0 Å². The molecule has 1 saturated carbocycles. The van der Waals surface area contributed by atoms with Crippen LogP contribution in [0.15, 0.2) is 24.3 Å². The van der Waals surface area contributed by atoms with Crippen molar-refractivity contribution in [3.05, 3.63) is 35.4 Å². The zero-order valence-corrected chi connectivity index (χ0v) is 12.2. The zero-order chi connectivity index (χ0) is 14.1. The third-order valence-corrected chi connectivity index (χ3v) is 3.66. The molecule has 0 aromatic heterocycles. The van der Waals surface area contributed by atoms with Crippen LogP contribution in [-0.4, -0.2) is 11.5 Å². The summed E-state index contributed by atoms with van der Waals surface area (Å²) in [5.41, 5.74) is 4.18. The molecule has 1 aliphatic rings. The first-order valence-electron chi connectivity index (χ1n) is 6.89. The molecule has 0 atom stereocenters. The fourth-order valence-corrected chi connectivity index (χ4v) is 2.42. The lowest BCUT2D eigenvalue weighted by Gasteiger charge is -2.41. The minimum absolute atomic E-state index is 0.0146. The van der Waals surface area contributed by atoms with Gasteiger partial charge >= 0.3 is 0 Å². The summed E-state index contributed by atoms with van der Waals surface area (Å²) in [6, 6.07) is 8.22. The summed E-state index contributed by atoms with van der Waals surface area (Å²) >= 11 is 0. The van der Waals surface area contributed by atoms with Gasteiger partial charge in [-0.25, -0.2) is 5.48 Å².